The van der Waals surface area contributed by atoms with Crippen LogP contribution in [0.15, 0.2) is 0 Å². The Hall–Kier alpha value is -1.14. The molecule has 3 N–H and O–H groups in total. The third-order valence-electron chi connectivity index (χ3n) is 19.2. The maximum atomic E-state index is 12.5. The Balaban J connectivity index is 3.26. The Labute approximate surface area is 534 Å². The highest BCUT2D eigenvalue weighted by atomic mass is 16.5. The van der Waals surface area contributed by atoms with Crippen LogP contribution in [0.2, 0.25) is 0 Å². The molecule has 508 valence electrons. The molecule has 6 heteroatoms. The molecule has 0 aromatic carbocycles. The molecule has 0 aliphatic rings. The fourth-order valence-electron chi connectivity index (χ4n) is 13.1. The minimum absolute atomic E-state index is 0.0255. The van der Waals surface area contributed by atoms with Gasteiger partial charge in [-0.15, -0.1) is 0 Å². The molecule has 2 unspecified atom stereocenters. The number of unbranched alkanes of at least 4 members (excludes halogenated alkanes) is 65. The predicted octanol–water partition coefficient (Wildman–Crippen LogP) is 26.1. The SMILES string of the molecule is CCCCCCCCCCCCCCCCCCC(=O)OCCCCCCCCCCCCCCCCCCCCCCCCCCCCCCCCCCCCCCCCCC(=O)NC(CO)C(O)CCCCCCCCCCCCCCC. The van der Waals surface area contributed by atoms with Crippen molar-refractivity contribution in [1.29, 1.82) is 0 Å². The van der Waals surface area contributed by atoms with Crippen LogP contribution in [0.25, 0.3) is 0 Å². The van der Waals surface area contributed by atoms with Crippen LogP contribution in [0.4, 0.5) is 0 Å². The van der Waals surface area contributed by atoms with Crippen molar-refractivity contribution in [1.82, 2.24) is 5.32 Å². The third kappa shape index (κ3) is 71.8. The first-order valence-electron chi connectivity index (χ1n) is 39.8. The normalized spacial score (nSPS) is 12.4. The summed E-state index contributed by atoms with van der Waals surface area (Å²) in [6.45, 7) is 5.01. The van der Waals surface area contributed by atoms with Crippen LogP contribution in [-0.2, 0) is 14.3 Å². The van der Waals surface area contributed by atoms with Crippen molar-refractivity contribution in [2.24, 2.45) is 0 Å². The smallest absolute Gasteiger partial charge is 0.305 e. The van der Waals surface area contributed by atoms with Gasteiger partial charge in [-0.1, -0.05) is 431 Å². The van der Waals surface area contributed by atoms with Crippen molar-refractivity contribution in [3.05, 3.63) is 0 Å². The Morgan fingerprint density at radius 3 is 0.718 bits per heavy atom. The lowest BCUT2D eigenvalue weighted by atomic mass is 10.0. The van der Waals surface area contributed by atoms with Crippen molar-refractivity contribution in [3.63, 3.8) is 0 Å². The molecule has 1 amide bonds. The van der Waals surface area contributed by atoms with Gasteiger partial charge in [0, 0.05) is 12.8 Å². The summed E-state index contributed by atoms with van der Waals surface area (Å²) in [7, 11) is 0. The molecular formula is C79H157NO5. The number of esters is 1. The molecule has 85 heavy (non-hydrogen) atoms. The number of rotatable bonds is 76. The van der Waals surface area contributed by atoms with Crippen molar-refractivity contribution < 1.29 is 24.5 Å². The van der Waals surface area contributed by atoms with E-state index in [0.29, 0.717) is 25.9 Å². The number of ether oxygens (including phenoxy) is 1. The molecule has 2 atom stereocenters. The van der Waals surface area contributed by atoms with Crippen LogP contribution >= 0.6 is 0 Å². The zero-order chi connectivity index (χ0) is 61.3. The van der Waals surface area contributed by atoms with E-state index in [1.165, 1.54) is 398 Å². The van der Waals surface area contributed by atoms with Gasteiger partial charge in [-0.25, -0.2) is 0 Å². The summed E-state index contributed by atoms with van der Waals surface area (Å²) < 4.78 is 5.51. The van der Waals surface area contributed by atoms with Crippen molar-refractivity contribution in [3.8, 4) is 0 Å². The first kappa shape index (κ1) is 83.9. The average Bonchev–Trinajstić information content (AvgIpc) is 3.51. The third-order valence-corrected chi connectivity index (χ3v) is 19.2. The van der Waals surface area contributed by atoms with E-state index in [-0.39, 0.29) is 18.5 Å². The summed E-state index contributed by atoms with van der Waals surface area (Å²) >= 11 is 0. The molecule has 0 spiro atoms. The summed E-state index contributed by atoms with van der Waals surface area (Å²) in [4.78, 5) is 24.6. The van der Waals surface area contributed by atoms with Gasteiger partial charge >= 0.3 is 5.97 Å². The van der Waals surface area contributed by atoms with Crippen LogP contribution in [0.1, 0.15) is 470 Å². The zero-order valence-corrected chi connectivity index (χ0v) is 58.4. The molecule has 0 saturated carbocycles. The molecule has 0 aliphatic carbocycles. The zero-order valence-electron chi connectivity index (χ0n) is 58.4. The maximum Gasteiger partial charge on any atom is 0.305 e. The Morgan fingerprint density at radius 2 is 0.482 bits per heavy atom. The van der Waals surface area contributed by atoms with E-state index in [9.17, 15) is 19.8 Å². The van der Waals surface area contributed by atoms with E-state index < -0.39 is 12.1 Å². The van der Waals surface area contributed by atoms with E-state index in [0.717, 1.165) is 38.5 Å². The summed E-state index contributed by atoms with van der Waals surface area (Å²) in [6.07, 6.45) is 93.6. The molecule has 0 bridgehead atoms. The minimum atomic E-state index is -0.658. The molecule has 0 heterocycles. The van der Waals surface area contributed by atoms with Gasteiger partial charge in [0.05, 0.1) is 25.4 Å². The lowest BCUT2D eigenvalue weighted by Gasteiger charge is -2.22. The van der Waals surface area contributed by atoms with E-state index >= 15 is 0 Å². The predicted molar refractivity (Wildman–Crippen MR) is 375 cm³/mol. The number of hydrogen-bond donors (Lipinski definition) is 3. The lowest BCUT2D eigenvalue weighted by Crippen LogP contribution is -2.45. The highest BCUT2D eigenvalue weighted by molar-refractivity contribution is 5.76. The fourth-order valence-corrected chi connectivity index (χ4v) is 13.1. The lowest BCUT2D eigenvalue weighted by molar-refractivity contribution is -0.143. The number of nitrogens with one attached hydrogen (secondary N) is 1. The molecule has 0 radical (unpaired) electrons. The standard InChI is InChI=1S/C79H157NO5/c1-3-5-7-9-11-13-15-17-18-45-49-53-57-61-65-69-73-79(84)85-74-70-66-62-58-54-50-46-43-41-39-37-35-33-31-29-27-25-23-21-19-20-22-24-26-28-30-32-34-36-38-40-42-44-48-52-56-60-64-68-72-78(83)80-76(75-81)77(82)71-67-63-59-55-51-47-16-14-12-10-8-6-4-2/h76-77,81-82H,3-75H2,1-2H3,(H,80,83). The minimum Gasteiger partial charge on any atom is -0.466 e. The summed E-state index contributed by atoms with van der Waals surface area (Å²) in [6, 6.07) is -0.535. The number of carbonyl (C=O) groups excluding carboxylic acids is 2. The van der Waals surface area contributed by atoms with Gasteiger partial charge in [-0.2, -0.15) is 0 Å². The van der Waals surface area contributed by atoms with Crippen LogP contribution in [0.3, 0.4) is 0 Å². The molecular weight excluding hydrogens is 1040 g/mol. The average molecular weight is 1200 g/mol. The van der Waals surface area contributed by atoms with Gasteiger partial charge in [-0.3, -0.25) is 9.59 Å². The van der Waals surface area contributed by atoms with Gasteiger partial charge in [0.25, 0.3) is 0 Å². The van der Waals surface area contributed by atoms with Gasteiger partial charge in [0.1, 0.15) is 0 Å². The van der Waals surface area contributed by atoms with E-state index in [1.54, 1.807) is 0 Å². The van der Waals surface area contributed by atoms with Crippen molar-refractivity contribution in [2.75, 3.05) is 13.2 Å². The largest absolute Gasteiger partial charge is 0.466 e. The molecule has 0 fully saturated rings. The highest BCUT2D eigenvalue weighted by Gasteiger charge is 2.20. The molecule has 0 aliphatic heterocycles. The Morgan fingerprint density at radius 1 is 0.282 bits per heavy atom. The summed E-state index contributed by atoms with van der Waals surface area (Å²) in [5.74, 6) is 0.00331. The quantitative estimate of drug-likeness (QED) is 0.0417. The second-order valence-electron chi connectivity index (χ2n) is 27.8. The van der Waals surface area contributed by atoms with Gasteiger partial charge in [0.15, 0.2) is 0 Å². The fraction of sp³-hybridized carbons (Fsp3) is 0.975. The number of carbonyl (C=O) groups is 2. The van der Waals surface area contributed by atoms with Gasteiger partial charge in [0.2, 0.25) is 5.91 Å². The number of hydrogen-bond acceptors (Lipinski definition) is 5. The first-order valence-corrected chi connectivity index (χ1v) is 39.8. The number of amides is 1. The second-order valence-corrected chi connectivity index (χ2v) is 27.8. The van der Waals surface area contributed by atoms with E-state index in [4.69, 9.17) is 4.74 Å². The Bertz CT molecular complexity index is 1240. The Kier molecular flexibility index (Phi) is 74.3. The topological polar surface area (TPSA) is 95.9 Å². The van der Waals surface area contributed by atoms with Crippen LogP contribution < -0.4 is 5.32 Å². The molecule has 0 aromatic heterocycles. The first-order chi connectivity index (χ1) is 42.0. The van der Waals surface area contributed by atoms with E-state index in [1.807, 2.05) is 0 Å². The van der Waals surface area contributed by atoms with Crippen LogP contribution in [0.5, 0.6) is 0 Å². The monoisotopic (exact) mass is 1200 g/mol. The molecule has 6 nitrogen and oxygen atoms in total. The van der Waals surface area contributed by atoms with Crippen LogP contribution in [-0.4, -0.2) is 47.4 Å². The molecule has 0 saturated heterocycles. The van der Waals surface area contributed by atoms with Gasteiger partial charge in [-0.05, 0) is 25.7 Å². The molecule has 0 rings (SSSR count). The summed E-state index contributed by atoms with van der Waals surface area (Å²) in [5, 5.41) is 23.3. The van der Waals surface area contributed by atoms with Gasteiger partial charge < -0.3 is 20.3 Å². The maximum absolute atomic E-state index is 12.5. The van der Waals surface area contributed by atoms with Crippen molar-refractivity contribution >= 4 is 11.9 Å². The highest BCUT2D eigenvalue weighted by Crippen LogP contribution is 2.21. The molecule has 0 aromatic rings. The number of aliphatic hydroxyl groups excluding tert-OH is 2. The van der Waals surface area contributed by atoms with Crippen molar-refractivity contribution in [2.45, 2.75) is 482 Å². The number of aliphatic hydroxyl groups is 2. The second kappa shape index (κ2) is 75.3. The van der Waals surface area contributed by atoms with E-state index in [2.05, 4.69) is 19.2 Å². The summed E-state index contributed by atoms with van der Waals surface area (Å²) in [5.41, 5.74) is 0. The van der Waals surface area contributed by atoms with Crippen LogP contribution in [0, 0.1) is 0 Å².